The molecule has 1 heterocycles. The van der Waals surface area contributed by atoms with E-state index < -0.39 is 0 Å². The number of amides is 1. The summed E-state index contributed by atoms with van der Waals surface area (Å²) in [7, 11) is 0. The summed E-state index contributed by atoms with van der Waals surface area (Å²) in [4.78, 5) is 19.7. The van der Waals surface area contributed by atoms with Crippen molar-refractivity contribution in [3.63, 3.8) is 0 Å². The fraction of sp³-hybridized carbons (Fsp3) is 0.222. The topological polar surface area (TPSA) is 68.5 Å². The highest BCUT2D eigenvalue weighted by molar-refractivity contribution is 6.31. The molecule has 0 bridgehead atoms. The van der Waals surface area contributed by atoms with Crippen LogP contribution in [-0.4, -0.2) is 27.0 Å². The van der Waals surface area contributed by atoms with Gasteiger partial charge in [-0.05, 0) is 37.6 Å². The molecule has 0 aliphatic heterocycles. The van der Waals surface area contributed by atoms with Crippen molar-refractivity contribution < 1.29 is 14.1 Å². The molecule has 1 atom stereocenters. The summed E-state index contributed by atoms with van der Waals surface area (Å²) < 4.78 is 11.4. The Bertz CT molecular complexity index is 1240. The predicted octanol–water partition coefficient (Wildman–Crippen LogP) is 6.41. The quantitative estimate of drug-likeness (QED) is 0.280. The Morgan fingerprint density at radius 2 is 1.82 bits per heavy atom. The van der Waals surface area contributed by atoms with Crippen LogP contribution in [0.25, 0.3) is 11.4 Å². The molecule has 0 unspecified atom stereocenters. The van der Waals surface area contributed by atoms with Crippen molar-refractivity contribution in [1.29, 1.82) is 0 Å². The Labute approximate surface area is 204 Å². The number of rotatable bonds is 9. The van der Waals surface area contributed by atoms with Crippen molar-refractivity contribution in [2.45, 2.75) is 39.5 Å². The fourth-order valence-corrected chi connectivity index (χ4v) is 3.67. The van der Waals surface area contributed by atoms with Crippen LogP contribution in [0.5, 0.6) is 5.75 Å². The molecule has 0 radical (unpaired) electrons. The molecule has 4 rings (SSSR count). The van der Waals surface area contributed by atoms with Crippen LogP contribution in [0.4, 0.5) is 0 Å². The third kappa shape index (κ3) is 5.64. The van der Waals surface area contributed by atoms with E-state index in [1.165, 1.54) is 0 Å². The molecule has 1 amide bonds. The average Bonchev–Trinajstić information content (AvgIpc) is 3.35. The number of hydrogen-bond donors (Lipinski definition) is 0. The van der Waals surface area contributed by atoms with Crippen molar-refractivity contribution in [1.82, 2.24) is 15.0 Å². The number of carbonyl (C=O) groups excluding carboxylic acids is 1. The highest BCUT2D eigenvalue weighted by Crippen LogP contribution is 2.22. The Balaban J connectivity index is 1.50. The highest BCUT2D eigenvalue weighted by atomic mass is 35.5. The van der Waals surface area contributed by atoms with Gasteiger partial charge in [0, 0.05) is 27.8 Å². The lowest BCUT2D eigenvalue weighted by Gasteiger charge is -2.27. The van der Waals surface area contributed by atoms with E-state index in [-0.39, 0.29) is 18.5 Å². The molecular formula is C27H26ClN3O3. The minimum atomic E-state index is -0.128. The van der Waals surface area contributed by atoms with Crippen LogP contribution < -0.4 is 4.74 Å². The van der Waals surface area contributed by atoms with Gasteiger partial charge in [-0.3, -0.25) is 4.79 Å². The minimum absolute atomic E-state index is 0.0210. The van der Waals surface area contributed by atoms with Gasteiger partial charge in [0.2, 0.25) is 11.7 Å². The number of benzene rings is 3. The summed E-state index contributed by atoms with van der Waals surface area (Å²) in [5, 5.41) is 4.72. The van der Waals surface area contributed by atoms with Gasteiger partial charge in [0.05, 0.1) is 0 Å². The van der Waals surface area contributed by atoms with E-state index in [1.54, 1.807) is 17.0 Å². The van der Waals surface area contributed by atoms with Crippen LogP contribution in [0.3, 0.4) is 0 Å². The summed E-state index contributed by atoms with van der Waals surface area (Å²) in [5.41, 5.74) is 2.27. The first-order chi connectivity index (χ1) is 16.5. The third-order valence-corrected chi connectivity index (χ3v) is 5.99. The Morgan fingerprint density at radius 3 is 2.59 bits per heavy atom. The number of ether oxygens (including phenoxy) is 1. The van der Waals surface area contributed by atoms with Gasteiger partial charge < -0.3 is 14.2 Å². The molecule has 7 heteroatoms. The Hall–Kier alpha value is -3.64. The molecule has 0 saturated heterocycles. The van der Waals surface area contributed by atoms with Crippen LogP contribution >= 0.6 is 11.6 Å². The Morgan fingerprint density at radius 1 is 1.06 bits per heavy atom. The zero-order chi connectivity index (χ0) is 23.9. The van der Waals surface area contributed by atoms with Crippen LogP contribution in [0.15, 0.2) is 83.4 Å². The molecule has 0 spiro atoms. The first kappa shape index (κ1) is 23.5. The number of halogens is 1. The number of aromatic nitrogens is 2. The molecule has 0 fully saturated rings. The lowest BCUT2D eigenvalue weighted by molar-refractivity contribution is 0.0646. The summed E-state index contributed by atoms with van der Waals surface area (Å²) in [6.07, 6.45) is 0.786. The SMILES string of the molecule is CC[C@H](C)N(Cc1nc(-c2ccccc2)no1)C(=O)c1cccc(OCc2ccccc2Cl)c1. The van der Waals surface area contributed by atoms with Gasteiger partial charge in [-0.15, -0.1) is 0 Å². The second-order valence-electron chi connectivity index (χ2n) is 7.98. The largest absolute Gasteiger partial charge is 0.489 e. The van der Waals surface area contributed by atoms with Gasteiger partial charge in [0.1, 0.15) is 18.9 Å². The smallest absolute Gasteiger partial charge is 0.254 e. The van der Waals surface area contributed by atoms with Crippen molar-refractivity contribution in [3.8, 4) is 17.1 Å². The first-order valence-corrected chi connectivity index (χ1v) is 11.6. The lowest BCUT2D eigenvalue weighted by atomic mass is 10.1. The molecule has 34 heavy (non-hydrogen) atoms. The standard InChI is InChI=1S/C27H26ClN3O3/c1-3-19(2)31(17-25-29-26(30-34-25)20-10-5-4-6-11-20)27(32)21-13-9-14-23(16-21)33-18-22-12-7-8-15-24(22)28/h4-16,19H,3,17-18H2,1-2H3/t19-/m0/s1. The lowest BCUT2D eigenvalue weighted by Crippen LogP contribution is -2.37. The molecule has 0 N–H and O–H groups in total. The van der Waals surface area contributed by atoms with E-state index in [1.807, 2.05) is 80.6 Å². The second-order valence-corrected chi connectivity index (χ2v) is 8.38. The van der Waals surface area contributed by atoms with Crippen LogP contribution in [0, 0.1) is 0 Å². The Kier molecular flexibility index (Phi) is 7.60. The van der Waals surface area contributed by atoms with Crippen molar-refractivity contribution in [3.05, 3.63) is 101 Å². The molecule has 3 aromatic carbocycles. The maximum Gasteiger partial charge on any atom is 0.254 e. The van der Waals surface area contributed by atoms with E-state index in [4.69, 9.17) is 20.9 Å². The first-order valence-electron chi connectivity index (χ1n) is 11.2. The van der Waals surface area contributed by atoms with E-state index in [9.17, 15) is 4.79 Å². The summed E-state index contributed by atoms with van der Waals surface area (Å²) in [6.45, 7) is 4.58. The predicted molar refractivity (Wildman–Crippen MR) is 132 cm³/mol. The fourth-order valence-electron chi connectivity index (χ4n) is 3.48. The molecule has 0 aliphatic rings. The van der Waals surface area contributed by atoms with Gasteiger partial charge in [-0.25, -0.2) is 0 Å². The summed E-state index contributed by atoms with van der Waals surface area (Å²) >= 11 is 6.22. The molecule has 6 nitrogen and oxygen atoms in total. The molecule has 0 saturated carbocycles. The van der Waals surface area contributed by atoms with Gasteiger partial charge in [0.25, 0.3) is 5.91 Å². The number of nitrogens with zero attached hydrogens (tertiary/aromatic N) is 3. The molecule has 0 aliphatic carbocycles. The van der Waals surface area contributed by atoms with Gasteiger partial charge in [0.15, 0.2) is 0 Å². The molecule has 4 aromatic rings. The summed E-state index contributed by atoms with van der Waals surface area (Å²) in [6, 6.07) is 24.3. The maximum atomic E-state index is 13.5. The van der Waals surface area contributed by atoms with Crippen molar-refractivity contribution in [2.75, 3.05) is 0 Å². The van der Waals surface area contributed by atoms with Gasteiger partial charge in [-0.2, -0.15) is 4.98 Å². The van der Waals surface area contributed by atoms with Gasteiger partial charge >= 0.3 is 0 Å². The molecule has 174 valence electrons. The third-order valence-electron chi connectivity index (χ3n) is 5.62. The zero-order valence-corrected chi connectivity index (χ0v) is 19.9. The van der Waals surface area contributed by atoms with Gasteiger partial charge in [-0.1, -0.05) is 78.3 Å². The zero-order valence-electron chi connectivity index (χ0n) is 19.1. The van der Waals surface area contributed by atoms with E-state index in [0.717, 1.165) is 17.5 Å². The normalized spacial score (nSPS) is 11.7. The van der Waals surface area contributed by atoms with E-state index in [0.29, 0.717) is 34.7 Å². The van der Waals surface area contributed by atoms with Crippen LogP contribution in [-0.2, 0) is 13.2 Å². The minimum Gasteiger partial charge on any atom is -0.489 e. The van der Waals surface area contributed by atoms with Crippen LogP contribution in [0.1, 0.15) is 42.1 Å². The molecule has 1 aromatic heterocycles. The number of carbonyl (C=O) groups is 1. The monoisotopic (exact) mass is 475 g/mol. The average molecular weight is 476 g/mol. The van der Waals surface area contributed by atoms with E-state index >= 15 is 0 Å². The van der Waals surface area contributed by atoms with E-state index in [2.05, 4.69) is 10.1 Å². The maximum absolute atomic E-state index is 13.5. The summed E-state index contributed by atoms with van der Waals surface area (Å²) in [5.74, 6) is 1.36. The van der Waals surface area contributed by atoms with Crippen molar-refractivity contribution >= 4 is 17.5 Å². The van der Waals surface area contributed by atoms with Crippen LogP contribution in [0.2, 0.25) is 5.02 Å². The van der Waals surface area contributed by atoms with Crippen molar-refractivity contribution in [2.24, 2.45) is 0 Å². The molecular weight excluding hydrogens is 450 g/mol. The number of hydrogen-bond acceptors (Lipinski definition) is 5. The highest BCUT2D eigenvalue weighted by Gasteiger charge is 2.24. The second kappa shape index (κ2) is 11.0.